The summed E-state index contributed by atoms with van der Waals surface area (Å²) < 4.78 is 5.18. The van der Waals surface area contributed by atoms with Crippen LogP contribution in [0.4, 0.5) is 5.95 Å². The summed E-state index contributed by atoms with van der Waals surface area (Å²) in [5.41, 5.74) is 4.56. The second-order valence-electron chi connectivity index (χ2n) is 7.79. The SMILES string of the molecule is COc1ccc(-c2ccc(C(=O)Nc3nc4c(C(=O)CC5=NC=CC5)cccc4[nH]3)cn2)cc1. The minimum absolute atomic E-state index is 0.0595. The number of benzene rings is 2. The smallest absolute Gasteiger partial charge is 0.259 e. The number of rotatable bonds is 7. The van der Waals surface area contributed by atoms with Crippen molar-refractivity contribution in [3.8, 4) is 17.0 Å². The molecule has 4 aromatic rings. The topological polar surface area (TPSA) is 109 Å². The number of aromatic nitrogens is 3. The zero-order valence-electron chi connectivity index (χ0n) is 18.4. The average Bonchev–Trinajstić information content (AvgIpc) is 3.53. The first-order valence-corrected chi connectivity index (χ1v) is 10.7. The first-order chi connectivity index (χ1) is 16.6. The van der Waals surface area contributed by atoms with Gasteiger partial charge in [-0.25, -0.2) is 4.98 Å². The number of ether oxygens (including phenoxy) is 1. The van der Waals surface area contributed by atoms with E-state index >= 15 is 0 Å². The van der Waals surface area contributed by atoms with Crippen LogP contribution in [0.1, 0.15) is 33.6 Å². The minimum atomic E-state index is -0.355. The lowest BCUT2D eigenvalue weighted by atomic mass is 10.0. The van der Waals surface area contributed by atoms with Crippen LogP contribution in [0.15, 0.2) is 78.1 Å². The summed E-state index contributed by atoms with van der Waals surface area (Å²) in [6.07, 6.45) is 6.08. The molecule has 0 aliphatic carbocycles. The Hall–Kier alpha value is -4.59. The third kappa shape index (κ3) is 4.33. The molecule has 0 atom stereocenters. The largest absolute Gasteiger partial charge is 0.497 e. The summed E-state index contributed by atoms with van der Waals surface area (Å²) in [5.74, 6) is 0.613. The maximum absolute atomic E-state index is 12.8. The van der Waals surface area contributed by atoms with Crippen molar-refractivity contribution in [2.75, 3.05) is 12.4 Å². The maximum atomic E-state index is 12.8. The summed E-state index contributed by atoms with van der Waals surface area (Å²) >= 11 is 0. The number of methoxy groups -OCH3 is 1. The predicted molar refractivity (Wildman–Crippen MR) is 130 cm³/mol. The van der Waals surface area contributed by atoms with E-state index in [1.54, 1.807) is 37.6 Å². The fourth-order valence-electron chi connectivity index (χ4n) is 3.75. The van der Waals surface area contributed by atoms with Crippen LogP contribution in [0.3, 0.4) is 0 Å². The van der Waals surface area contributed by atoms with E-state index in [1.807, 2.05) is 36.4 Å². The molecule has 0 radical (unpaired) electrons. The van der Waals surface area contributed by atoms with Gasteiger partial charge in [0, 0.05) is 42.1 Å². The Kier molecular flexibility index (Phi) is 5.70. The molecule has 8 nitrogen and oxygen atoms in total. The Morgan fingerprint density at radius 2 is 1.94 bits per heavy atom. The van der Waals surface area contributed by atoms with Crippen LogP contribution in [-0.4, -0.2) is 39.5 Å². The first-order valence-electron chi connectivity index (χ1n) is 10.7. The highest BCUT2D eigenvalue weighted by Crippen LogP contribution is 2.23. The van der Waals surface area contributed by atoms with Crippen molar-refractivity contribution < 1.29 is 14.3 Å². The number of amides is 1. The Labute approximate surface area is 195 Å². The normalized spacial score (nSPS) is 12.6. The number of pyridine rings is 1. The average molecular weight is 451 g/mol. The third-order valence-electron chi connectivity index (χ3n) is 5.54. The number of allylic oxidation sites excluding steroid dienone is 1. The molecule has 2 aromatic heterocycles. The number of Topliss-reactive ketones (excluding diaryl/α,β-unsaturated/α-hetero) is 1. The summed E-state index contributed by atoms with van der Waals surface area (Å²) in [6, 6.07) is 16.4. The van der Waals surface area contributed by atoms with Gasteiger partial charge in [-0.05, 0) is 48.5 Å². The number of hydrogen-bond donors (Lipinski definition) is 2. The number of aromatic amines is 1. The number of fused-ring (bicyclic) bond motifs is 1. The van der Waals surface area contributed by atoms with Crippen molar-refractivity contribution in [2.24, 2.45) is 4.99 Å². The molecule has 5 rings (SSSR count). The van der Waals surface area contributed by atoms with E-state index in [0.29, 0.717) is 28.6 Å². The van der Waals surface area contributed by atoms with Crippen molar-refractivity contribution in [2.45, 2.75) is 12.8 Å². The second-order valence-corrected chi connectivity index (χ2v) is 7.79. The monoisotopic (exact) mass is 451 g/mol. The Balaban J connectivity index is 1.31. The van der Waals surface area contributed by atoms with Gasteiger partial charge in [0.2, 0.25) is 5.95 Å². The number of imidazole rings is 1. The van der Waals surface area contributed by atoms with Crippen LogP contribution in [0, 0.1) is 0 Å². The van der Waals surface area contributed by atoms with E-state index in [-0.39, 0.29) is 24.1 Å². The molecule has 0 saturated carbocycles. The van der Waals surface area contributed by atoms with Gasteiger partial charge in [-0.1, -0.05) is 12.1 Å². The number of H-pyrrole nitrogens is 1. The van der Waals surface area contributed by atoms with Crippen LogP contribution in [-0.2, 0) is 0 Å². The van der Waals surface area contributed by atoms with Crippen molar-refractivity contribution in [1.82, 2.24) is 15.0 Å². The third-order valence-corrected chi connectivity index (χ3v) is 5.54. The van der Waals surface area contributed by atoms with Gasteiger partial charge < -0.3 is 9.72 Å². The van der Waals surface area contributed by atoms with E-state index in [9.17, 15) is 9.59 Å². The molecule has 1 amide bonds. The fourth-order valence-corrected chi connectivity index (χ4v) is 3.75. The van der Waals surface area contributed by atoms with Crippen LogP contribution >= 0.6 is 0 Å². The number of ketones is 1. The molecule has 2 N–H and O–H groups in total. The number of nitrogens with zero attached hydrogens (tertiary/aromatic N) is 3. The van der Waals surface area contributed by atoms with Crippen LogP contribution in [0.2, 0.25) is 0 Å². The summed E-state index contributed by atoms with van der Waals surface area (Å²) in [5, 5.41) is 2.75. The highest BCUT2D eigenvalue weighted by Gasteiger charge is 2.17. The number of nitrogens with one attached hydrogen (secondary N) is 2. The number of para-hydroxylation sites is 1. The zero-order valence-corrected chi connectivity index (χ0v) is 18.4. The number of aliphatic imine (C=N–C) groups is 1. The first kappa shape index (κ1) is 21.3. The van der Waals surface area contributed by atoms with Crippen molar-refractivity contribution in [1.29, 1.82) is 0 Å². The number of carbonyl (C=O) groups is 2. The van der Waals surface area contributed by atoms with Crippen molar-refractivity contribution in [3.05, 3.63) is 84.2 Å². The van der Waals surface area contributed by atoms with Crippen molar-refractivity contribution >= 4 is 34.4 Å². The van der Waals surface area contributed by atoms with Gasteiger partial charge in [0.05, 0.1) is 23.9 Å². The molecule has 0 spiro atoms. The molecule has 1 aliphatic rings. The minimum Gasteiger partial charge on any atom is -0.497 e. The van der Waals surface area contributed by atoms with Gasteiger partial charge >= 0.3 is 0 Å². The van der Waals surface area contributed by atoms with E-state index in [0.717, 1.165) is 22.7 Å². The molecule has 8 heteroatoms. The fraction of sp³-hybridized carbons (Fsp3) is 0.115. The van der Waals surface area contributed by atoms with Crippen LogP contribution in [0.5, 0.6) is 5.75 Å². The van der Waals surface area contributed by atoms with E-state index < -0.39 is 0 Å². The zero-order chi connectivity index (χ0) is 23.5. The molecule has 0 saturated heterocycles. The quantitative estimate of drug-likeness (QED) is 0.392. The summed E-state index contributed by atoms with van der Waals surface area (Å²) in [4.78, 5) is 41.7. The predicted octanol–water partition coefficient (Wildman–Crippen LogP) is 4.82. The highest BCUT2D eigenvalue weighted by molar-refractivity contribution is 6.15. The molecule has 3 heterocycles. The lowest BCUT2D eigenvalue weighted by Crippen LogP contribution is -2.13. The molecule has 34 heavy (non-hydrogen) atoms. The molecule has 2 aromatic carbocycles. The molecule has 168 valence electrons. The second kappa shape index (κ2) is 9.11. The number of carbonyl (C=O) groups excluding carboxylic acids is 2. The molecular formula is C26H21N5O3. The van der Waals surface area contributed by atoms with Gasteiger partial charge in [0.25, 0.3) is 5.91 Å². The summed E-state index contributed by atoms with van der Waals surface area (Å²) in [6.45, 7) is 0. The molecule has 0 unspecified atom stereocenters. The van der Waals surface area contributed by atoms with E-state index in [4.69, 9.17) is 4.74 Å². The Morgan fingerprint density at radius 1 is 1.09 bits per heavy atom. The molecule has 0 fully saturated rings. The maximum Gasteiger partial charge on any atom is 0.259 e. The van der Waals surface area contributed by atoms with Gasteiger partial charge in [-0.15, -0.1) is 0 Å². The van der Waals surface area contributed by atoms with Gasteiger partial charge in [0.1, 0.15) is 11.3 Å². The Bertz CT molecular complexity index is 1430. The van der Waals surface area contributed by atoms with E-state index in [2.05, 4.69) is 25.3 Å². The van der Waals surface area contributed by atoms with Crippen molar-refractivity contribution in [3.63, 3.8) is 0 Å². The standard InChI is InChI=1S/C26H21N5O3/c1-34-19-10-7-16(8-11-19)21-12-9-17(15-28-21)25(33)31-26-29-22-6-2-5-20(24(22)30-26)23(32)14-18-4-3-13-27-18/h2-3,5-13,15H,4,14H2,1H3,(H2,29,30,31,33). The van der Waals surface area contributed by atoms with Gasteiger partial charge in [-0.3, -0.25) is 24.9 Å². The van der Waals surface area contributed by atoms with Crippen LogP contribution in [0.25, 0.3) is 22.3 Å². The van der Waals surface area contributed by atoms with Gasteiger partial charge in [0.15, 0.2) is 5.78 Å². The van der Waals surface area contributed by atoms with Gasteiger partial charge in [-0.2, -0.15) is 0 Å². The molecular weight excluding hydrogens is 430 g/mol. The van der Waals surface area contributed by atoms with E-state index in [1.165, 1.54) is 6.20 Å². The number of anilines is 1. The highest BCUT2D eigenvalue weighted by atomic mass is 16.5. The summed E-state index contributed by atoms with van der Waals surface area (Å²) in [7, 11) is 1.62. The molecule has 0 bridgehead atoms. The Morgan fingerprint density at radius 3 is 2.65 bits per heavy atom. The van der Waals surface area contributed by atoms with Crippen LogP contribution < -0.4 is 10.1 Å². The number of hydrogen-bond acceptors (Lipinski definition) is 6. The lowest BCUT2D eigenvalue weighted by molar-refractivity contribution is 0.0999. The molecule has 1 aliphatic heterocycles. The lowest BCUT2D eigenvalue weighted by Gasteiger charge is -2.05.